The van der Waals surface area contributed by atoms with Gasteiger partial charge in [-0.15, -0.1) is 0 Å². The highest BCUT2D eigenvalue weighted by Gasteiger charge is 2.30. The molecule has 1 N–H and O–H groups in total. The normalized spacial score (nSPS) is 21.0. The Bertz CT molecular complexity index is 629. The molecule has 2 heterocycles. The number of hydrogen-bond donors (Lipinski definition) is 1. The molecule has 0 saturated carbocycles. The summed E-state index contributed by atoms with van der Waals surface area (Å²) in [6.45, 7) is 6.46. The molecule has 2 rings (SSSR count). The molecule has 0 unspecified atom stereocenters. The lowest BCUT2D eigenvalue weighted by atomic mass is 9.90. The highest BCUT2D eigenvalue weighted by Crippen LogP contribution is 2.26. The second-order valence-corrected chi connectivity index (χ2v) is 9.41. The van der Waals surface area contributed by atoms with Crippen molar-refractivity contribution in [3.8, 4) is 0 Å². The molecule has 0 aliphatic carbocycles. The summed E-state index contributed by atoms with van der Waals surface area (Å²) in [5, 5.41) is 7.02. The molecule has 1 aliphatic heterocycles. The largest absolute Gasteiger partial charge is 0.311 e. The van der Waals surface area contributed by atoms with E-state index in [1.807, 2.05) is 0 Å². The van der Waals surface area contributed by atoms with Crippen molar-refractivity contribution in [1.29, 1.82) is 0 Å². The van der Waals surface area contributed by atoms with Crippen molar-refractivity contribution in [2.45, 2.75) is 52.5 Å². The summed E-state index contributed by atoms with van der Waals surface area (Å²) in [6.07, 6.45) is 4.43. The fourth-order valence-corrected chi connectivity index (χ4v) is 4.35. The number of anilines is 1. The van der Waals surface area contributed by atoms with Gasteiger partial charge in [0.15, 0.2) is 9.84 Å². The third-order valence-electron chi connectivity index (χ3n) is 3.82. The molecule has 0 radical (unpaired) electrons. The molecule has 7 heteroatoms. The van der Waals surface area contributed by atoms with Crippen LogP contribution in [0.25, 0.3) is 0 Å². The lowest BCUT2D eigenvalue weighted by molar-refractivity contribution is -0.116. The molecule has 1 fully saturated rings. The highest BCUT2D eigenvalue weighted by molar-refractivity contribution is 7.91. The molecule has 1 saturated heterocycles. The average Bonchev–Trinajstić information content (AvgIpc) is 2.93. The van der Waals surface area contributed by atoms with E-state index >= 15 is 0 Å². The quantitative estimate of drug-likeness (QED) is 0.900. The van der Waals surface area contributed by atoms with Crippen LogP contribution in [0.2, 0.25) is 0 Å². The van der Waals surface area contributed by atoms with Crippen LogP contribution in [0.5, 0.6) is 0 Å². The number of carbonyl (C=O) groups excluding carboxylic acids is 1. The van der Waals surface area contributed by atoms with Crippen molar-refractivity contribution in [3.63, 3.8) is 0 Å². The first-order valence-corrected chi connectivity index (χ1v) is 9.52. The molecule has 1 amide bonds. The maximum Gasteiger partial charge on any atom is 0.225 e. The Labute approximate surface area is 132 Å². The lowest BCUT2D eigenvalue weighted by Gasteiger charge is -2.17. The van der Waals surface area contributed by atoms with Gasteiger partial charge in [0.1, 0.15) is 5.82 Å². The number of nitrogens with one attached hydrogen (secondary N) is 1. The van der Waals surface area contributed by atoms with Gasteiger partial charge in [-0.3, -0.25) is 4.79 Å². The smallest absolute Gasteiger partial charge is 0.225 e. The fourth-order valence-electron chi connectivity index (χ4n) is 2.66. The number of carbonyl (C=O) groups is 1. The summed E-state index contributed by atoms with van der Waals surface area (Å²) in [7, 11) is -2.97. The summed E-state index contributed by atoms with van der Waals surface area (Å²) in [4.78, 5) is 12.0. The Hall–Kier alpha value is -1.37. The monoisotopic (exact) mass is 327 g/mol. The SMILES string of the molecule is CC(C)(C)CCCC(=O)Nc1ccnn1[C@@H]1CCS(=O)(=O)C1. The minimum Gasteiger partial charge on any atom is -0.311 e. The van der Waals surface area contributed by atoms with E-state index in [-0.39, 0.29) is 28.9 Å². The average molecular weight is 327 g/mol. The summed E-state index contributed by atoms with van der Waals surface area (Å²) in [6, 6.07) is 1.54. The molecule has 0 spiro atoms. The summed E-state index contributed by atoms with van der Waals surface area (Å²) >= 11 is 0. The predicted molar refractivity (Wildman–Crippen MR) is 86.5 cm³/mol. The number of amides is 1. The first-order valence-electron chi connectivity index (χ1n) is 7.70. The minimum atomic E-state index is -2.97. The summed E-state index contributed by atoms with van der Waals surface area (Å²) in [5.41, 5.74) is 0.222. The second kappa shape index (κ2) is 6.40. The van der Waals surface area contributed by atoms with Gasteiger partial charge < -0.3 is 5.32 Å². The molecule has 0 aromatic carbocycles. The summed E-state index contributed by atoms with van der Waals surface area (Å²) < 4.78 is 24.8. The Morgan fingerprint density at radius 2 is 2.18 bits per heavy atom. The van der Waals surface area contributed by atoms with E-state index in [9.17, 15) is 13.2 Å². The number of hydrogen-bond acceptors (Lipinski definition) is 4. The van der Waals surface area contributed by atoms with Gasteiger partial charge in [-0.1, -0.05) is 20.8 Å². The predicted octanol–water partition coefficient (Wildman–Crippen LogP) is 2.40. The van der Waals surface area contributed by atoms with Gasteiger partial charge in [0.05, 0.1) is 23.7 Å². The third-order valence-corrected chi connectivity index (χ3v) is 5.57. The van der Waals surface area contributed by atoms with Crippen LogP contribution in [0.1, 0.15) is 52.5 Å². The van der Waals surface area contributed by atoms with E-state index in [1.54, 1.807) is 16.9 Å². The Kier molecular flexibility index (Phi) is 4.94. The van der Waals surface area contributed by atoms with Gasteiger partial charge in [-0.25, -0.2) is 13.1 Å². The van der Waals surface area contributed by atoms with Crippen molar-refractivity contribution in [3.05, 3.63) is 12.3 Å². The number of nitrogens with zero attached hydrogens (tertiary/aromatic N) is 2. The van der Waals surface area contributed by atoms with Crippen molar-refractivity contribution >= 4 is 21.6 Å². The van der Waals surface area contributed by atoms with E-state index < -0.39 is 9.84 Å². The molecule has 1 aromatic heterocycles. The van der Waals surface area contributed by atoms with Gasteiger partial charge in [-0.2, -0.15) is 5.10 Å². The molecule has 1 atom stereocenters. The molecular weight excluding hydrogens is 302 g/mol. The molecule has 124 valence electrons. The van der Waals surface area contributed by atoms with Crippen molar-refractivity contribution in [2.24, 2.45) is 5.41 Å². The topological polar surface area (TPSA) is 81.1 Å². The van der Waals surface area contributed by atoms with Crippen molar-refractivity contribution in [1.82, 2.24) is 9.78 Å². The fraction of sp³-hybridized carbons (Fsp3) is 0.733. The van der Waals surface area contributed by atoms with Gasteiger partial charge in [0, 0.05) is 12.5 Å². The highest BCUT2D eigenvalue weighted by atomic mass is 32.2. The maximum absolute atomic E-state index is 12.0. The molecule has 6 nitrogen and oxygen atoms in total. The van der Waals surface area contributed by atoms with Crippen LogP contribution in [-0.4, -0.2) is 35.6 Å². The van der Waals surface area contributed by atoms with Gasteiger partial charge in [0.2, 0.25) is 5.91 Å². The zero-order chi connectivity index (χ0) is 16.4. The molecular formula is C15H25N3O3S. The van der Waals surface area contributed by atoms with Crippen LogP contribution >= 0.6 is 0 Å². The van der Waals surface area contributed by atoms with Gasteiger partial charge in [0.25, 0.3) is 0 Å². The van der Waals surface area contributed by atoms with E-state index in [2.05, 4.69) is 31.2 Å². The third kappa shape index (κ3) is 4.83. The Morgan fingerprint density at radius 3 is 2.77 bits per heavy atom. The number of aromatic nitrogens is 2. The number of rotatable bonds is 5. The molecule has 1 aromatic rings. The molecule has 1 aliphatic rings. The van der Waals surface area contributed by atoms with Gasteiger partial charge in [-0.05, 0) is 24.7 Å². The van der Waals surface area contributed by atoms with Crippen LogP contribution in [-0.2, 0) is 14.6 Å². The zero-order valence-corrected chi connectivity index (χ0v) is 14.3. The van der Waals surface area contributed by atoms with Crippen LogP contribution in [0.4, 0.5) is 5.82 Å². The second-order valence-electron chi connectivity index (χ2n) is 7.18. The summed E-state index contributed by atoms with van der Waals surface area (Å²) in [5.74, 6) is 0.827. The van der Waals surface area contributed by atoms with Crippen LogP contribution in [0.3, 0.4) is 0 Å². The van der Waals surface area contributed by atoms with Crippen molar-refractivity contribution < 1.29 is 13.2 Å². The van der Waals surface area contributed by atoms with E-state index in [1.165, 1.54) is 0 Å². The number of sulfone groups is 1. The van der Waals surface area contributed by atoms with Crippen LogP contribution in [0, 0.1) is 5.41 Å². The zero-order valence-electron chi connectivity index (χ0n) is 13.5. The van der Waals surface area contributed by atoms with E-state index in [4.69, 9.17) is 0 Å². The Balaban J connectivity index is 1.91. The van der Waals surface area contributed by atoms with Crippen molar-refractivity contribution in [2.75, 3.05) is 16.8 Å². The maximum atomic E-state index is 12.0. The lowest BCUT2D eigenvalue weighted by Crippen LogP contribution is -2.19. The van der Waals surface area contributed by atoms with Crippen LogP contribution in [0.15, 0.2) is 12.3 Å². The van der Waals surface area contributed by atoms with Crippen LogP contribution < -0.4 is 5.32 Å². The first-order chi connectivity index (χ1) is 10.2. The first kappa shape index (κ1) is 17.0. The minimum absolute atomic E-state index is 0.0492. The van der Waals surface area contributed by atoms with Gasteiger partial charge >= 0.3 is 0 Å². The standard InChI is InChI=1S/C15H25N3O3S/c1-15(2,3)8-4-5-14(19)17-13-6-9-16-18(13)12-7-10-22(20,21)11-12/h6,9,12H,4-5,7-8,10-11H2,1-3H3,(H,17,19)/t12-/m1/s1. The van der Waals surface area contributed by atoms with E-state index in [0.29, 0.717) is 18.7 Å². The molecule has 22 heavy (non-hydrogen) atoms. The molecule has 0 bridgehead atoms. The van der Waals surface area contributed by atoms with E-state index in [0.717, 1.165) is 12.8 Å². The Morgan fingerprint density at radius 1 is 1.45 bits per heavy atom.